The van der Waals surface area contributed by atoms with Crippen molar-refractivity contribution in [2.45, 2.75) is 43.6 Å². The minimum Gasteiger partial charge on any atom is -0.300 e. The molecule has 2 aromatic rings. The Morgan fingerprint density at radius 2 is 1.80 bits per heavy atom. The normalized spacial score (nSPS) is 25.2. The fourth-order valence-corrected chi connectivity index (χ4v) is 4.74. The molecular weight excluding hydrogens is 306 g/mol. The van der Waals surface area contributed by atoms with Crippen LogP contribution in [0.5, 0.6) is 0 Å². The van der Waals surface area contributed by atoms with Crippen LogP contribution in [0.4, 0.5) is 0 Å². The van der Waals surface area contributed by atoms with Crippen molar-refractivity contribution in [3.8, 4) is 6.07 Å². The number of hydrogen-bond donors (Lipinski definition) is 0. The van der Waals surface area contributed by atoms with Gasteiger partial charge in [0.2, 0.25) is 0 Å². The predicted molar refractivity (Wildman–Crippen MR) is 99.0 cm³/mol. The van der Waals surface area contributed by atoms with E-state index in [9.17, 15) is 5.26 Å². The Hall–Kier alpha value is -2.18. The molecule has 0 N–H and O–H groups in total. The topological polar surface area (TPSA) is 39.9 Å². The molecule has 25 heavy (non-hydrogen) atoms. The molecule has 3 fully saturated rings. The lowest BCUT2D eigenvalue weighted by atomic mass is 9.73. The van der Waals surface area contributed by atoms with E-state index in [0.717, 1.165) is 36.1 Å². The van der Waals surface area contributed by atoms with Crippen molar-refractivity contribution in [3.05, 3.63) is 66.0 Å². The SMILES string of the molecule is N#CC(CCN1CC2CCC1CC2)(c1ccccc1)c1cccnc1. The summed E-state index contributed by atoms with van der Waals surface area (Å²) in [7, 11) is 0. The standard InChI is InChI=1S/C22H25N3/c23-17-22(19-5-2-1-3-6-19,20-7-4-13-24-15-20)12-14-25-16-18-8-10-21(25)11-9-18/h1-7,13,15,18,21H,8-12,14,16H2. The highest BCUT2D eigenvalue weighted by Gasteiger charge is 2.38. The average Bonchev–Trinajstić information content (AvgIpc) is 2.71. The van der Waals surface area contributed by atoms with Crippen molar-refractivity contribution in [2.75, 3.05) is 13.1 Å². The van der Waals surface area contributed by atoms with Gasteiger partial charge in [0.05, 0.1) is 6.07 Å². The molecule has 2 aliphatic heterocycles. The van der Waals surface area contributed by atoms with Crippen LogP contribution in [0, 0.1) is 17.2 Å². The number of nitriles is 1. The molecule has 128 valence electrons. The molecule has 1 atom stereocenters. The van der Waals surface area contributed by atoms with E-state index in [1.54, 1.807) is 6.20 Å². The van der Waals surface area contributed by atoms with Crippen LogP contribution in [0.2, 0.25) is 0 Å². The molecule has 1 aliphatic carbocycles. The zero-order valence-electron chi connectivity index (χ0n) is 14.6. The first kappa shape index (κ1) is 16.3. The van der Waals surface area contributed by atoms with Crippen LogP contribution >= 0.6 is 0 Å². The third-order valence-electron chi connectivity index (χ3n) is 6.21. The van der Waals surface area contributed by atoms with Crippen LogP contribution in [0.3, 0.4) is 0 Å². The molecule has 2 saturated heterocycles. The minimum atomic E-state index is -0.619. The number of nitrogens with zero attached hydrogens (tertiary/aromatic N) is 3. The largest absolute Gasteiger partial charge is 0.300 e. The van der Waals surface area contributed by atoms with E-state index >= 15 is 0 Å². The molecular formula is C22H25N3. The molecule has 0 spiro atoms. The number of hydrogen-bond acceptors (Lipinski definition) is 3. The van der Waals surface area contributed by atoms with Gasteiger partial charge in [-0.15, -0.1) is 0 Å². The summed E-state index contributed by atoms with van der Waals surface area (Å²) in [5.74, 6) is 0.872. The van der Waals surface area contributed by atoms with Crippen molar-refractivity contribution in [3.63, 3.8) is 0 Å². The van der Waals surface area contributed by atoms with E-state index in [2.05, 4.69) is 28.1 Å². The molecule has 0 radical (unpaired) electrons. The molecule has 1 aromatic heterocycles. The van der Waals surface area contributed by atoms with Crippen molar-refractivity contribution >= 4 is 0 Å². The van der Waals surface area contributed by atoms with Crippen LogP contribution in [0.15, 0.2) is 54.9 Å². The van der Waals surface area contributed by atoms with Crippen LogP contribution < -0.4 is 0 Å². The summed E-state index contributed by atoms with van der Waals surface area (Å²) in [6.45, 7) is 2.20. The Bertz CT molecular complexity index is 687. The summed E-state index contributed by atoms with van der Waals surface area (Å²) in [5.41, 5.74) is 1.46. The summed E-state index contributed by atoms with van der Waals surface area (Å²) in [6.07, 6.45) is 9.92. The highest BCUT2D eigenvalue weighted by Crippen LogP contribution is 2.38. The van der Waals surface area contributed by atoms with Crippen molar-refractivity contribution < 1.29 is 0 Å². The lowest BCUT2D eigenvalue weighted by molar-refractivity contribution is 0.0458. The van der Waals surface area contributed by atoms with Gasteiger partial charge >= 0.3 is 0 Å². The summed E-state index contributed by atoms with van der Waals surface area (Å²) in [6, 6.07) is 17.6. The fourth-order valence-electron chi connectivity index (χ4n) is 4.74. The van der Waals surface area contributed by atoms with Gasteiger partial charge in [-0.3, -0.25) is 4.98 Å². The van der Waals surface area contributed by atoms with Crippen molar-refractivity contribution in [1.29, 1.82) is 5.26 Å². The highest BCUT2D eigenvalue weighted by molar-refractivity contribution is 5.44. The second-order valence-electron chi connectivity index (χ2n) is 7.54. The molecule has 3 heterocycles. The van der Waals surface area contributed by atoms with Gasteiger partial charge in [-0.2, -0.15) is 5.26 Å². The van der Waals surface area contributed by atoms with Gasteiger partial charge in [0.25, 0.3) is 0 Å². The van der Waals surface area contributed by atoms with Gasteiger partial charge < -0.3 is 4.90 Å². The molecule has 2 bridgehead atoms. The maximum Gasteiger partial charge on any atom is 0.110 e. The van der Waals surface area contributed by atoms with E-state index in [-0.39, 0.29) is 0 Å². The summed E-state index contributed by atoms with van der Waals surface area (Å²) in [5, 5.41) is 10.2. The zero-order chi connectivity index (χ0) is 17.1. The lowest BCUT2D eigenvalue weighted by Gasteiger charge is -2.46. The first-order valence-corrected chi connectivity index (χ1v) is 9.43. The van der Waals surface area contributed by atoms with Crippen LogP contribution in [-0.4, -0.2) is 29.0 Å². The van der Waals surface area contributed by atoms with E-state index < -0.39 is 5.41 Å². The van der Waals surface area contributed by atoms with Crippen LogP contribution in [-0.2, 0) is 5.41 Å². The predicted octanol–water partition coefficient (Wildman–Crippen LogP) is 4.16. The Morgan fingerprint density at radius 1 is 1.04 bits per heavy atom. The zero-order valence-corrected chi connectivity index (χ0v) is 14.6. The van der Waals surface area contributed by atoms with Crippen LogP contribution in [0.1, 0.15) is 43.2 Å². The smallest absolute Gasteiger partial charge is 0.110 e. The van der Waals surface area contributed by atoms with Crippen molar-refractivity contribution in [2.24, 2.45) is 5.92 Å². The first-order valence-electron chi connectivity index (χ1n) is 9.43. The maximum absolute atomic E-state index is 10.2. The molecule has 3 nitrogen and oxygen atoms in total. The van der Waals surface area contributed by atoms with Crippen molar-refractivity contribution in [1.82, 2.24) is 9.88 Å². The van der Waals surface area contributed by atoms with Gasteiger partial charge in [0.1, 0.15) is 5.41 Å². The second kappa shape index (κ2) is 6.98. The highest BCUT2D eigenvalue weighted by atomic mass is 15.2. The number of benzene rings is 1. The third-order valence-corrected chi connectivity index (χ3v) is 6.21. The Balaban J connectivity index is 1.63. The molecule has 5 rings (SSSR count). The molecule has 0 amide bonds. The van der Waals surface area contributed by atoms with Gasteiger partial charge in [-0.1, -0.05) is 36.4 Å². The Labute approximate surface area is 150 Å². The number of aromatic nitrogens is 1. The number of fused-ring (bicyclic) bond motifs is 3. The molecule has 1 saturated carbocycles. The molecule has 3 aliphatic rings. The summed E-state index contributed by atoms with van der Waals surface area (Å²) < 4.78 is 0. The summed E-state index contributed by atoms with van der Waals surface area (Å²) >= 11 is 0. The van der Waals surface area contributed by atoms with E-state index in [0.29, 0.717) is 0 Å². The van der Waals surface area contributed by atoms with E-state index in [4.69, 9.17) is 0 Å². The second-order valence-corrected chi connectivity index (χ2v) is 7.54. The molecule has 3 heteroatoms. The Morgan fingerprint density at radius 3 is 2.40 bits per heavy atom. The lowest BCUT2D eigenvalue weighted by Crippen LogP contribution is -2.49. The monoisotopic (exact) mass is 331 g/mol. The van der Waals surface area contributed by atoms with Gasteiger partial charge in [0.15, 0.2) is 0 Å². The number of pyridine rings is 1. The van der Waals surface area contributed by atoms with Gasteiger partial charge in [-0.05, 0) is 55.2 Å². The quantitative estimate of drug-likeness (QED) is 0.826. The van der Waals surface area contributed by atoms with E-state index in [1.165, 1.54) is 32.2 Å². The summed E-state index contributed by atoms with van der Waals surface area (Å²) in [4.78, 5) is 6.93. The number of piperidine rings is 2. The first-order chi connectivity index (χ1) is 12.3. The fraction of sp³-hybridized carbons (Fsp3) is 0.455. The maximum atomic E-state index is 10.2. The molecule has 1 aromatic carbocycles. The van der Waals surface area contributed by atoms with Gasteiger partial charge in [0, 0.05) is 31.5 Å². The van der Waals surface area contributed by atoms with E-state index in [1.807, 2.05) is 36.5 Å². The van der Waals surface area contributed by atoms with Crippen LogP contribution in [0.25, 0.3) is 0 Å². The Kier molecular flexibility index (Phi) is 4.55. The number of rotatable bonds is 5. The third kappa shape index (κ3) is 3.07. The minimum absolute atomic E-state index is 0.619. The average molecular weight is 331 g/mol. The van der Waals surface area contributed by atoms with Gasteiger partial charge in [-0.25, -0.2) is 0 Å². The molecule has 1 unspecified atom stereocenters.